The molecule has 588 valence electrons. The summed E-state index contributed by atoms with van der Waals surface area (Å²) < 4.78 is 61.2. The zero-order valence-corrected chi connectivity index (χ0v) is 66.0. The Morgan fingerprint density at radius 1 is 0.282 bits per heavy atom. The third-order valence-electron chi connectivity index (χ3n) is 16.2. The smallest absolute Gasteiger partial charge is 0.463 e. The summed E-state index contributed by atoms with van der Waals surface area (Å²) in [6, 6.07) is 0. The molecule has 0 aliphatic rings. The Bertz CT molecular complexity index is 2500. The number of aliphatic hydroxyl groups excluding tert-OH is 2. The Kier molecular flexibility index (Phi) is 73.2. The molecule has 18 heteroatoms. The molecule has 16 nitrogen and oxygen atoms in total. The summed E-state index contributed by atoms with van der Waals surface area (Å²) in [5.74, 6) is -1.62. The second-order valence-corrected chi connectivity index (χ2v) is 29.0. The molecule has 0 aliphatic heterocycles. The average Bonchev–Trinajstić information content (AvgIpc) is 0.929. The van der Waals surface area contributed by atoms with Crippen LogP contribution < -0.4 is 0 Å². The fraction of sp³-hybridized carbons (Fsp3) is 0.659. The molecule has 5 atom stereocenters. The fourth-order valence-corrected chi connectivity index (χ4v) is 11.8. The first-order valence-corrected chi connectivity index (χ1v) is 42.8. The lowest BCUT2D eigenvalue weighted by atomic mass is 10.0. The van der Waals surface area contributed by atoms with E-state index >= 15 is 0 Å². The molecule has 0 rings (SSSR count). The van der Waals surface area contributed by atoms with E-state index in [1.165, 1.54) is 70.6 Å². The number of carbonyl (C=O) groups is 3. The molecule has 5 unspecified atom stereocenters. The molecular weight excluding hydrogens is 1340 g/mol. The van der Waals surface area contributed by atoms with Gasteiger partial charge in [-0.15, -0.1) is 0 Å². The lowest BCUT2D eigenvalue weighted by Gasteiger charge is -2.21. The van der Waals surface area contributed by atoms with E-state index in [2.05, 4.69) is 179 Å². The van der Waals surface area contributed by atoms with Crippen LogP contribution in [0.5, 0.6) is 0 Å². The zero-order chi connectivity index (χ0) is 75.2. The first-order chi connectivity index (χ1) is 50.2. The fourth-order valence-electron chi connectivity index (χ4n) is 10.2. The van der Waals surface area contributed by atoms with Crippen molar-refractivity contribution in [2.24, 2.45) is 0 Å². The van der Waals surface area contributed by atoms with E-state index in [1.54, 1.807) is 0 Å². The van der Waals surface area contributed by atoms with Crippen LogP contribution >= 0.6 is 15.6 Å². The highest BCUT2D eigenvalue weighted by Crippen LogP contribution is 2.45. The number of hydrogen-bond acceptors (Lipinski definition) is 14. The van der Waals surface area contributed by atoms with Crippen molar-refractivity contribution in [3.63, 3.8) is 0 Å². The van der Waals surface area contributed by atoms with Gasteiger partial charge in [0.2, 0.25) is 0 Å². The van der Waals surface area contributed by atoms with Gasteiger partial charge in [0.05, 0.1) is 26.4 Å². The molecule has 103 heavy (non-hydrogen) atoms. The molecule has 0 saturated heterocycles. The quantitative estimate of drug-likeness (QED) is 0.0146. The van der Waals surface area contributed by atoms with Crippen LogP contribution in [0.25, 0.3) is 0 Å². The summed E-state index contributed by atoms with van der Waals surface area (Å²) in [6.07, 6.45) is 95.7. The SMILES string of the molecule is CC/C=C\C/C=C\C/C=C\C/C=C\C/C=C\CCCCCCCCCCCCCC(=O)OCC(O)COP(=O)(O)OCC(O)COP(=O)(O)OCC(COC(=O)CCCCCCCCC/C=C\C/C=C\C/C=C\C/C=C\CCCCC)OC(=O)CCCCCC/C=C\C/C=C\C/C=C\C/C=C\CC. The molecule has 0 saturated carbocycles. The van der Waals surface area contributed by atoms with Crippen LogP contribution in [0.3, 0.4) is 0 Å². The predicted octanol–water partition coefficient (Wildman–Crippen LogP) is 23.4. The normalized spacial score (nSPS) is 14.8. The minimum absolute atomic E-state index is 0.0692. The van der Waals surface area contributed by atoms with Crippen LogP contribution in [-0.4, -0.2) is 95.9 Å². The Balaban J connectivity index is 4.64. The van der Waals surface area contributed by atoms with Crippen molar-refractivity contribution < 1.29 is 75.8 Å². The largest absolute Gasteiger partial charge is 0.472 e. The first-order valence-electron chi connectivity index (χ1n) is 39.8. The minimum Gasteiger partial charge on any atom is -0.463 e. The highest BCUT2D eigenvalue weighted by Gasteiger charge is 2.29. The number of allylic oxidation sites excluding steroid dienone is 26. The molecule has 0 radical (unpaired) electrons. The number of unbranched alkanes of at least 4 members (excludes halogenated alkanes) is 25. The second-order valence-electron chi connectivity index (χ2n) is 26.1. The van der Waals surface area contributed by atoms with E-state index in [0.717, 1.165) is 173 Å². The molecule has 0 aromatic carbocycles. The van der Waals surface area contributed by atoms with Gasteiger partial charge in [-0.1, -0.05) is 294 Å². The summed E-state index contributed by atoms with van der Waals surface area (Å²) in [4.78, 5) is 58.7. The van der Waals surface area contributed by atoms with E-state index in [1.807, 2.05) is 0 Å². The number of phosphoric ester groups is 2. The van der Waals surface area contributed by atoms with Crippen molar-refractivity contribution in [2.75, 3.05) is 39.6 Å². The number of carbonyl (C=O) groups excluding carboxylic acids is 3. The predicted molar refractivity (Wildman–Crippen MR) is 426 cm³/mol. The van der Waals surface area contributed by atoms with Crippen molar-refractivity contribution in [1.82, 2.24) is 0 Å². The van der Waals surface area contributed by atoms with Gasteiger partial charge < -0.3 is 34.2 Å². The molecule has 0 aliphatic carbocycles. The van der Waals surface area contributed by atoms with Gasteiger partial charge >= 0.3 is 33.6 Å². The summed E-state index contributed by atoms with van der Waals surface area (Å²) >= 11 is 0. The summed E-state index contributed by atoms with van der Waals surface area (Å²) in [7, 11) is -9.81. The van der Waals surface area contributed by atoms with Crippen molar-refractivity contribution in [1.29, 1.82) is 0 Å². The van der Waals surface area contributed by atoms with Gasteiger partial charge in [-0.3, -0.25) is 32.5 Å². The summed E-state index contributed by atoms with van der Waals surface area (Å²) in [6.45, 7) is 2.38. The Morgan fingerprint density at radius 3 is 0.816 bits per heavy atom. The lowest BCUT2D eigenvalue weighted by molar-refractivity contribution is -0.161. The molecule has 0 fully saturated rings. The van der Waals surface area contributed by atoms with Gasteiger partial charge in [0.15, 0.2) is 6.10 Å². The third-order valence-corrected chi connectivity index (χ3v) is 18.1. The van der Waals surface area contributed by atoms with Gasteiger partial charge in [-0.05, 0) is 148 Å². The molecule has 0 heterocycles. The molecule has 0 spiro atoms. The molecule has 0 aromatic heterocycles. The van der Waals surface area contributed by atoms with Crippen molar-refractivity contribution >= 4 is 33.6 Å². The van der Waals surface area contributed by atoms with Crippen molar-refractivity contribution in [3.05, 3.63) is 158 Å². The van der Waals surface area contributed by atoms with Crippen LogP contribution in [0.2, 0.25) is 0 Å². The summed E-state index contributed by atoms with van der Waals surface area (Å²) in [5.41, 5.74) is 0. The highest BCUT2D eigenvalue weighted by atomic mass is 31.2. The van der Waals surface area contributed by atoms with Crippen molar-refractivity contribution in [3.8, 4) is 0 Å². The number of rotatable bonds is 74. The van der Waals surface area contributed by atoms with E-state index < -0.39 is 91.5 Å². The van der Waals surface area contributed by atoms with Gasteiger partial charge in [0.25, 0.3) is 0 Å². The lowest BCUT2D eigenvalue weighted by Crippen LogP contribution is -2.30. The van der Waals surface area contributed by atoms with Crippen molar-refractivity contribution in [2.45, 2.75) is 322 Å². The topological polar surface area (TPSA) is 231 Å². The Hall–Kier alpha value is -4.83. The van der Waals surface area contributed by atoms with E-state index in [-0.39, 0.29) is 19.3 Å². The van der Waals surface area contributed by atoms with E-state index in [9.17, 15) is 43.5 Å². The number of phosphoric acid groups is 2. The zero-order valence-electron chi connectivity index (χ0n) is 64.2. The third kappa shape index (κ3) is 78.1. The maximum Gasteiger partial charge on any atom is 0.472 e. The van der Waals surface area contributed by atoms with Gasteiger partial charge in [0, 0.05) is 19.3 Å². The number of aliphatic hydroxyl groups is 2. The maximum atomic E-state index is 13.0. The molecular formula is C85H142O16P2. The van der Waals surface area contributed by atoms with Crippen LogP contribution in [0, 0.1) is 0 Å². The average molecular weight is 1480 g/mol. The van der Waals surface area contributed by atoms with Crippen LogP contribution in [0.4, 0.5) is 0 Å². The minimum atomic E-state index is -4.95. The Morgan fingerprint density at radius 2 is 0.515 bits per heavy atom. The standard InChI is InChI=1S/C85H142O16P2/c1-4-7-10-13-16-19-22-25-28-31-33-35-37-38-39-40-42-44-45-48-50-53-56-59-62-65-68-71-83(88)95-74-80(86)75-97-102(91,92)98-76-81(87)77-99-103(93,94)100-79-82(101-85(90)73-70-67-64-61-58-55-52-47-30-27-24-21-18-15-12-9-6-3)78-96-84(89)72-69-66-63-60-57-54-51-49-46-43-41-36-34-32-29-26-23-20-17-14-11-8-5-2/h7,9-10,12,16-21,25-30,33-36,38-39,43,46,52,55,80-82,86-87H,4-6,8,11,13-15,22-24,31-32,37,40-42,44-45,47-51,53-54,56-79H2,1-3H3,(H,91,92)(H,93,94)/b10-7-,12-9-,19-16-,20-17-,21-18-,28-25-,29-26-,30-27-,35-33-,36-34-,39-38-,46-43-,55-52-. The second kappa shape index (κ2) is 76.8. The molecule has 0 aromatic rings. The maximum absolute atomic E-state index is 13.0. The molecule has 4 N–H and O–H groups in total. The first kappa shape index (κ1) is 98.2. The molecule has 0 amide bonds. The van der Waals surface area contributed by atoms with Gasteiger partial charge in [-0.2, -0.15) is 0 Å². The summed E-state index contributed by atoms with van der Waals surface area (Å²) in [5, 5.41) is 20.6. The Labute approximate surface area is 625 Å². The number of hydrogen-bond donors (Lipinski definition) is 4. The van der Waals surface area contributed by atoms with Crippen LogP contribution in [0.1, 0.15) is 303 Å². The van der Waals surface area contributed by atoms with Gasteiger partial charge in [-0.25, -0.2) is 9.13 Å². The number of ether oxygens (including phenoxy) is 3. The monoisotopic (exact) mass is 1480 g/mol. The molecule has 0 bridgehead atoms. The number of esters is 3. The van der Waals surface area contributed by atoms with E-state index in [4.69, 9.17) is 32.3 Å². The van der Waals surface area contributed by atoms with Crippen LogP contribution in [-0.2, 0) is 55.8 Å². The van der Waals surface area contributed by atoms with Gasteiger partial charge in [0.1, 0.15) is 25.4 Å². The highest BCUT2D eigenvalue weighted by molar-refractivity contribution is 7.47. The van der Waals surface area contributed by atoms with E-state index in [0.29, 0.717) is 19.3 Å². The van der Waals surface area contributed by atoms with Crippen LogP contribution in [0.15, 0.2) is 158 Å².